The topological polar surface area (TPSA) is 54.9 Å². The first kappa shape index (κ1) is 18.8. The average Bonchev–Trinajstić information content (AvgIpc) is 2.77. The third-order valence-corrected chi connectivity index (χ3v) is 5.04. The summed E-state index contributed by atoms with van der Waals surface area (Å²) in [7, 11) is 0. The molecule has 1 amide bonds. The zero-order chi connectivity index (χ0) is 20.2. The van der Waals surface area contributed by atoms with E-state index in [1.165, 1.54) is 5.56 Å². The van der Waals surface area contributed by atoms with Crippen LogP contribution in [0.1, 0.15) is 34.0 Å². The molecule has 2 aromatic heterocycles. The summed E-state index contributed by atoms with van der Waals surface area (Å²) in [6, 6.07) is 20.1. The van der Waals surface area contributed by atoms with Crippen LogP contribution in [0.4, 0.5) is 0 Å². The van der Waals surface area contributed by atoms with E-state index in [4.69, 9.17) is 4.98 Å². The van der Waals surface area contributed by atoms with Crippen molar-refractivity contribution in [2.24, 2.45) is 0 Å². The zero-order valence-corrected chi connectivity index (χ0v) is 16.6. The Balaban J connectivity index is 1.73. The van der Waals surface area contributed by atoms with Crippen molar-refractivity contribution in [3.05, 3.63) is 95.3 Å². The molecular weight excluding hydrogens is 358 g/mol. The summed E-state index contributed by atoms with van der Waals surface area (Å²) in [6.07, 6.45) is 4.48. The Morgan fingerprint density at radius 1 is 1.00 bits per heavy atom. The summed E-state index contributed by atoms with van der Waals surface area (Å²) in [6.45, 7) is 4.59. The van der Waals surface area contributed by atoms with Gasteiger partial charge in [0.1, 0.15) is 0 Å². The highest BCUT2D eigenvalue weighted by molar-refractivity contribution is 6.07. The van der Waals surface area contributed by atoms with Gasteiger partial charge in [0, 0.05) is 29.9 Å². The van der Waals surface area contributed by atoms with Gasteiger partial charge in [-0.3, -0.25) is 9.78 Å². The quantitative estimate of drug-likeness (QED) is 0.523. The van der Waals surface area contributed by atoms with Crippen molar-refractivity contribution >= 4 is 16.8 Å². The molecule has 0 radical (unpaired) electrons. The number of hydrogen-bond acceptors (Lipinski definition) is 3. The first-order valence-corrected chi connectivity index (χ1v) is 9.82. The number of carbonyl (C=O) groups excluding carboxylic acids is 1. The lowest BCUT2D eigenvalue weighted by Crippen LogP contribution is -2.23. The van der Waals surface area contributed by atoms with Gasteiger partial charge in [0.05, 0.1) is 16.8 Å². The van der Waals surface area contributed by atoms with E-state index in [0.717, 1.165) is 39.7 Å². The fraction of sp³-hybridized carbons (Fsp3) is 0.160. The molecule has 0 unspecified atom stereocenters. The lowest BCUT2D eigenvalue weighted by molar-refractivity contribution is 0.0952. The molecule has 0 aliphatic rings. The Hall–Kier alpha value is -3.53. The van der Waals surface area contributed by atoms with Crippen LogP contribution in [0.15, 0.2) is 73.1 Å². The smallest absolute Gasteiger partial charge is 0.252 e. The van der Waals surface area contributed by atoms with Gasteiger partial charge >= 0.3 is 0 Å². The van der Waals surface area contributed by atoms with Gasteiger partial charge < -0.3 is 5.32 Å². The first-order chi connectivity index (χ1) is 14.1. The molecule has 1 N–H and O–H groups in total. The standard InChI is InChI=1S/C25H23N3O/c1-3-18-7-9-20(10-8-18)24-14-22(21-13-17(2)6-11-23(21)28-24)25(29)27-16-19-5-4-12-26-15-19/h4-15H,3,16H2,1-2H3,(H,27,29). The lowest BCUT2D eigenvalue weighted by Gasteiger charge is -2.12. The minimum absolute atomic E-state index is 0.113. The molecule has 0 aliphatic carbocycles. The summed E-state index contributed by atoms with van der Waals surface area (Å²) in [5.41, 5.74) is 6.60. The Morgan fingerprint density at radius 2 is 1.83 bits per heavy atom. The van der Waals surface area contributed by atoms with Gasteiger partial charge in [0.15, 0.2) is 0 Å². The third-order valence-electron chi connectivity index (χ3n) is 5.04. The Kier molecular flexibility index (Phi) is 5.34. The molecule has 0 spiro atoms. The van der Waals surface area contributed by atoms with E-state index < -0.39 is 0 Å². The normalized spacial score (nSPS) is 10.8. The van der Waals surface area contributed by atoms with E-state index >= 15 is 0 Å². The van der Waals surface area contributed by atoms with E-state index in [9.17, 15) is 4.79 Å². The molecule has 29 heavy (non-hydrogen) atoms. The minimum Gasteiger partial charge on any atom is -0.348 e. The van der Waals surface area contributed by atoms with Crippen LogP contribution in [-0.4, -0.2) is 15.9 Å². The van der Waals surface area contributed by atoms with E-state index in [1.54, 1.807) is 12.4 Å². The van der Waals surface area contributed by atoms with Gasteiger partial charge in [0.2, 0.25) is 0 Å². The second kappa shape index (κ2) is 8.23. The van der Waals surface area contributed by atoms with E-state index in [0.29, 0.717) is 12.1 Å². The van der Waals surface area contributed by atoms with Gasteiger partial charge in [0.25, 0.3) is 5.91 Å². The molecule has 2 heterocycles. The molecule has 2 aromatic carbocycles. The molecule has 4 aromatic rings. The monoisotopic (exact) mass is 381 g/mol. The number of fused-ring (bicyclic) bond motifs is 1. The molecule has 0 saturated carbocycles. The van der Waals surface area contributed by atoms with Crippen molar-refractivity contribution in [1.29, 1.82) is 0 Å². The number of amides is 1. The van der Waals surface area contributed by atoms with Gasteiger partial charge in [-0.25, -0.2) is 4.98 Å². The molecule has 4 heteroatoms. The number of benzene rings is 2. The van der Waals surface area contributed by atoms with Crippen molar-refractivity contribution in [2.45, 2.75) is 26.8 Å². The second-order valence-electron chi connectivity index (χ2n) is 7.17. The Labute approximate surface area is 170 Å². The zero-order valence-electron chi connectivity index (χ0n) is 16.6. The van der Waals surface area contributed by atoms with Crippen LogP contribution >= 0.6 is 0 Å². The van der Waals surface area contributed by atoms with E-state index in [1.807, 2.05) is 43.3 Å². The number of hydrogen-bond donors (Lipinski definition) is 1. The van der Waals surface area contributed by atoms with E-state index in [-0.39, 0.29) is 5.91 Å². The summed E-state index contributed by atoms with van der Waals surface area (Å²) < 4.78 is 0. The fourth-order valence-electron chi connectivity index (χ4n) is 3.37. The number of aryl methyl sites for hydroxylation is 2. The van der Waals surface area contributed by atoms with Gasteiger partial charge in [-0.2, -0.15) is 0 Å². The van der Waals surface area contributed by atoms with Crippen LogP contribution in [0.3, 0.4) is 0 Å². The minimum atomic E-state index is -0.113. The molecule has 4 rings (SSSR count). The highest BCUT2D eigenvalue weighted by Gasteiger charge is 2.14. The van der Waals surface area contributed by atoms with Crippen LogP contribution in [-0.2, 0) is 13.0 Å². The van der Waals surface area contributed by atoms with Gasteiger partial charge in [-0.05, 0) is 48.7 Å². The van der Waals surface area contributed by atoms with E-state index in [2.05, 4.69) is 41.5 Å². The molecule has 0 fully saturated rings. The molecule has 0 atom stereocenters. The summed E-state index contributed by atoms with van der Waals surface area (Å²) in [5.74, 6) is -0.113. The van der Waals surface area contributed by atoms with Crippen LogP contribution in [0.5, 0.6) is 0 Å². The Morgan fingerprint density at radius 3 is 2.55 bits per heavy atom. The van der Waals surface area contributed by atoms with Crippen LogP contribution in [0.25, 0.3) is 22.2 Å². The number of nitrogens with zero attached hydrogens (tertiary/aromatic N) is 2. The second-order valence-corrected chi connectivity index (χ2v) is 7.17. The van der Waals surface area contributed by atoms with Crippen LogP contribution < -0.4 is 5.32 Å². The fourth-order valence-corrected chi connectivity index (χ4v) is 3.37. The van der Waals surface area contributed by atoms with Crippen molar-refractivity contribution < 1.29 is 4.79 Å². The van der Waals surface area contributed by atoms with Gasteiger partial charge in [-0.15, -0.1) is 0 Å². The number of nitrogens with one attached hydrogen (secondary N) is 1. The van der Waals surface area contributed by atoms with Crippen molar-refractivity contribution in [2.75, 3.05) is 0 Å². The van der Waals surface area contributed by atoms with Crippen molar-refractivity contribution in [1.82, 2.24) is 15.3 Å². The summed E-state index contributed by atoms with van der Waals surface area (Å²) in [4.78, 5) is 22.0. The van der Waals surface area contributed by atoms with Gasteiger partial charge in [-0.1, -0.05) is 48.9 Å². The Bertz CT molecular complexity index is 1150. The number of carbonyl (C=O) groups is 1. The number of aromatic nitrogens is 2. The van der Waals surface area contributed by atoms with Crippen LogP contribution in [0, 0.1) is 6.92 Å². The maximum atomic E-state index is 13.1. The van der Waals surface area contributed by atoms with Crippen LogP contribution in [0.2, 0.25) is 0 Å². The number of pyridine rings is 2. The molecule has 0 bridgehead atoms. The summed E-state index contributed by atoms with van der Waals surface area (Å²) >= 11 is 0. The van der Waals surface area contributed by atoms with Crippen molar-refractivity contribution in [3.63, 3.8) is 0 Å². The predicted molar refractivity (Wildman–Crippen MR) is 117 cm³/mol. The molecular formula is C25H23N3O. The number of rotatable bonds is 5. The first-order valence-electron chi connectivity index (χ1n) is 9.82. The summed E-state index contributed by atoms with van der Waals surface area (Å²) in [5, 5.41) is 3.88. The molecule has 0 aliphatic heterocycles. The molecule has 144 valence electrons. The third kappa shape index (κ3) is 4.16. The highest BCUT2D eigenvalue weighted by atomic mass is 16.1. The molecule has 0 saturated heterocycles. The predicted octanol–water partition coefficient (Wildman–Crippen LogP) is 5.10. The average molecular weight is 381 g/mol. The lowest BCUT2D eigenvalue weighted by atomic mass is 10.0. The molecule has 4 nitrogen and oxygen atoms in total. The SMILES string of the molecule is CCc1ccc(-c2cc(C(=O)NCc3cccnc3)c3cc(C)ccc3n2)cc1. The highest BCUT2D eigenvalue weighted by Crippen LogP contribution is 2.26. The maximum absolute atomic E-state index is 13.1. The largest absolute Gasteiger partial charge is 0.348 e. The van der Waals surface area contributed by atoms with Crippen molar-refractivity contribution in [3.8, 4) is 11.3 Å². The maximum Gasteiger partial charge on any atom is 0.252 e.